The fraction of sp³-hybridized carbons (Fsp3) is 0.481. The van der Waals surface area contributed by atoms with Gasteiger partial charge >= 0.3 is 12.0 Å². The van der Waals surface area contributed by atoms with E-state index in [1.165, 1.54) is 5.56 Å². The number of aliphatic carboxylic acids is 1. The Morgan fingerprint density at radius 3 is 2.18 bits per heavy atom. The monoisotopic (exact) mass is 468 g/mol. The Labute approximate surface area is 202 Å². The van der Waals surface area contributed by atoms with Crippen molar-refractivity contribution >= 4 is 12.0 Å². The first-order chi connectivity index (χ1) is 16.4. The van der Waals surface area contributed by atoms with E-state index in [-0.39, 0.29) is 6.03 Å². The molecule has 0 atom stereocenters. The van der Waals surface area contributed by atoms with Crippen LogP contribution in [0.4, 0.5) is 4.79 Å². The fourth-order valence-corrected chi connectivity index (χ4v) is 4.64. The average Bonchev–Trinajstić information content (AvgIpc) is 3.32. The SMILES string of the molecule is COc1cc(CN(CCCCc2ccccc2)C(=O)NC2(C(=O)O)CCCC2)cc(OC)c1C. The Kier molecular flexibility index (Phi) is 8.79. The maximum absolute atomic E-state index is 13.3. The second-order valence-electron chi connectivity index (χ2n) is 9.01. The molecule has 1 aliphatic rings. The topological polar surface area (TPSA) is 88.1 Å². The van der Waals surface area contributed by atoms with Crippen LogP contribution in [-0.4, -0.2) is 48.3 Å². The zero-order valence-corrected chi connectivity index (χ0v) is 20.4. The second kappa shape index (κ2) is 11.8. The van der Waals surface area contributed by atoms with Crippen molar-refractivity contribution < 1.29 is 24.2 Å². The standard InChI is InChI=1S/C27H36N2O5/c1-20-23(33-2)17-22(18-24(20)34-3)19-29(16-10-7-13-21-11-5-4-6-12-21)26(32)28-27(25(30)31)14-8-9-15-27/h4-6,11-12,17-18H,7-10,13-16,19H2,1-3H3,(H,28,32)(H,30,31). The predicted octanol–water partition coefficient (Wildman–Crippen LogP) is 4.94. The third-order valence-corrected chi connectivity index (χ3v) is 6.67. The number of methoxy groups -OCH3 is 2. The number of nitrogens with zero attached hydrogens (tertiary/aromatic N) is 1. The lowest BCUT2D eigenvalue weighted by Crippen LogP contribution is -2.56. The van der Waals surface area contributed by atoms with Gasteiger partial charge in [-0.2, -0.15) is 0 Å². The van der Waals surface area contributed by atoms with Gasteiger partial charge in [-0.05, 0) is 62.3 Å². The molecule has 1 aliphatic carbocycles. The predicted molar refractivity (Wildman–Crippen MR) is 131 cm³/mol. The number of amides is 2. The summed E-state index contributed by atoms with van der Waals surface area (Å²) in [5, 5.41) is 12.7. The molecule has 2 amide bonds. The minimum atomic E-state index is -1.18. The van der Waals surface area contributed by atoms with Gasteiger partial charge in [-0.25, -0.2) is 9.59 Å². The molecule has 0 unspecified atom stereocenters. The van der Waals surface area contributed by atoms with Crippen LogP contribution in [0.3, 0.4) is 0 Å². The van der Waals surface area contributed by atoms with E-state index in [0.29, 0.717) is 37.4 Å². The number of carbonyl (C=O) groups is 2. The molecular formula is C27H36N2O5. The summed E-state index contributed by atoms with van der Waals surface area (Å²) in [4.78, 5) is 27.0. The molecule has 0 saturated heterocycles. The van der Waals surface area contributed by atoms with Crippen molar-refractivity contribution in [3.8, 4) is 11.5 Å². The number of carboxylic acids is 1. The van der Waals surface area contributed by atoms with Gasteiger partial charge in [0.25, 0.3) is 0 Å². The molecule has 0 radical (unpaired) electrons. The molecule has 1 fully saturated rings. The number of rotatable bonds is 11. The van der Waals surface area contributed by atoms with E-state index >= 15 is 0 Å². The lowest BCUT2D eigenvalue weighted by molar-refractivity contribution is -0.144. The van der Waals surface area contributed by atoms with Crippen molar-refractivity contribution in [2.45, 2.75) is 64.0 Å². The first kappa shape index (κ1) is 25.4. The highest BCUT2D eigenvalue weighted by Crippen LogP contribution is 2.32. The second-order valence-corrected chi connectivity index (χ2v) is 9.01. The van der Waals surface area contributed by atoms with Crippen molar-refractivity contribution in [1.29, 1.82) is 0 Å². The van der Waals surface area contributed by atoms with Crippen LogP contribution in [0, 0.1) is 6.92 Å². The van der Waals surface area contributed by atoms with Gasteiger partial charge in [-0.15, -0.1) is 0 Å². The molecule has 34 heavy (non-hydrogen) atoms. The summed E-state index contributed by atoms with van der Waals surface area (Å²) in [5.74, 6) is 0.425. The summed E-state index contributed by atoms with van der Waals surface area (Å²) in [6, 6.07) is 13.7. The molecule has 0 spiro atoms. The highest BCUT2D eigenvalue weighted by Gasteiger charge is 2.43. The van der Waals surface area contributed by atoms with Crippen molar-refractivity contribution in [2.24, 2.45) is 0 Å². The Bertz CT molecular complexity index is 945. The number of hydrogen-bond acceptors (Lipinski definition) is 4. The molecule has 2 aromatic carbocycles. The lowest BCUT2D eigenvalue weighted by Gasteiger charge is -2.31. The van der Waals surface area contributed by atoms with Crippen molar-refractivity contribution in [1.82, 2.24) is 10.2 Å². The van der Waals surface area contributed by atoms with Crippen LogP contribution in [0.1, 0.15) is 55.2 Å². The van der Waals surface area contributed by atoms with E-state index in [1.54, 1.807) is 19.1 Å². The van der Waals surface area contributed by atoms with E-state index in [0.717, 1.165) is 43.2 Å². The number of urea groups is 1. The number of carbonyl (C=O) groups excluding carboxylic acids is 1. The maximum Gasteiger partial charge on any atom is 0.329 e. The van der Waals surface area contributed by atoms with Crippen LogP contribution in [0.15, 0.2) is 42.5 Å². The fourth-order valence-electron chi connectivity index (χ4n) is 4.64. The van der Waals surface area contributed by atoms with E-state index in [9.17, 15) is 14.7 Å². The minimum absolute atomic E-state index is 0.333. The maximum atomic E-state index is 13.3. The smallest absolute Gasteiger partial charge is 0.329 e. The van der Waals surface area contributed by atoms with E-state index in [2.05, 4.69) is 17.4 Å². The normalized spacial score (nSPS) is 14.4. The molecule has 2 aromatic rings. The zero-order chi connectivity index (χ0) is 24.6. The van der Waals surface area contributed by atoms with Crippen LogP contribution >= 0.6 is 0 Å². The zero-order valence-electron chi connectivity index (χ0n) is 20.4. The van der Waals surface area contributed by atoms with Gasteiger partial charge in [0.2, 0.25) is 0 Å². The molecule has 0 aliphatic heterocycles. The lowest BCUT2D eigenvalue weighted by atomic mass is 9.98. The number of carboxylic acid groups (broad SMARTS) is 1. The van der Waals surface area contributed by atoms with Crippen molar-refractivity contribution in [2.75, 3.05) is 20.8 Å². The molecule has 3 rings (SSSR count). The van der Waals surface area contributed by atoms with Crippen LogP contribution in [0.5, 0.6) is 11.5 Å². The molecule has 2 N–H and O–H groups in total. The number of benzene rings is 2. The molecule has 7 heteroatoms. The Balaban J connectivity index is 1.75. The number of nitrogens with one attached hydrogen (secondary N) is 1. The van der Waals surface area contributed by atoms with Gasteiger partial charge in [0.05, 0.1) is 14.2 Å². The molecule has 184 valence electrons. The number of aryl methyl sites for hydroxylation is 1. The summed E-state index contributed by atoms with van der Waals surface area (Å²) >= 11 is 0. The van der Waals surface area contributed by atoms with Crippen LogP contribution < -0.4 is 14.8 Å². The number of hydrogen-bond donors (Lipinski definition) is 2. The average molecular weight is 469 g/mol. The highest BCUT2D eigenvalue weighted by atomic mass is 16.5. The van der Waals surface area contributed by atoms with Gasteiger partial charge in [0, 0.05) is 18.7 Å². The van der Waals surface area contributed by atoms with Gasteiger partial charge in [-0.1, -0.05) is 43.2 Å². The first-order valence-corrected chi connectivity index (χ1v) is 11.9. The van der Waals surface area contributed by atoms with Crippen molar-refractivity contribution in [3.63, 3.8) is 0 Å². The molecule has 0 heterocycles. The van der Waals surface area contributed by atoms with Gasteiger partial charge in [-0.3, -0.25) is 0 Å². The molecule has 1 saturated carbocycles. The first-order valence-electron chi connectivity index (χ1n) is 11.9. The summed E-state index contributed by atoms with van der Waals surface area (Å²) in [7, 11) is 3.21. The summed E-state index contributed by atoms with van der Waals surface area (Å²) in [5.41, 5.74) is 1.85. The largest absolute Gasteiger partial charge is 0.496 e. The quantitative estimate of drug-likeness (QED) is 0.456. The Morgan fingerprint density at radius 1 is 1.00 bits per heavy atom. The van der Waals surface area contributed by atoms with E-state index < -0.39 is 11.5 Å². The van der Waals surface area contributed by atoms with Crippen LogP contribution in [0.25, 0.3) is 0 Å². The molecule has 7 nitrogen and oxygen atoms in total. The van der Waals surface area contributed by atoms with Gasteiger partial charge in [0.15, 0.2) is 0 Å². The number of ether oxygens (including phenoxy) is 2. The van der Waals surface area contributed by atoms with Gasteiger partial charge < -0.3 is 24.8 Å². The van der Waals surface area contributed by atoms with Crippen LogP contribution in [-0.2, 0) is 17.8 Å². The summed E-state index contributed by atoms with van der Waals surface area (Å²) < 4.78 is 11.0. The number of unbranched alkanes of at least 4 members (excludes halogenated alkanes) is 1. The molecular weight excluding hydrogens is 432 g/mol. The molecule has 0 bridgehead atoms. The summed E-state index contributed by atoms with van der Waals surface area (Å²) in [6.07, 6.45) is 5.19. The van der Waals surface area contributed by atoms with Gasteiger partial charge in [0.1, 0.15) is 17.0 Å². The Hall–Kier alpha value is -3.22. The van der Waals surface area contributed by atoms with Crippen molar-refractivity contribution in [3.05, 3.63) is 59.2 Å². The van der Waals surface area contributed by atoms with E-state index in [4.69, 9.17) is 9.47 Å². The third kappa shape index (κ3) is 6.22. The van der Waals surface area contributed by atoms with E-state index in [1.807, 2.05) is 37.3 Å². The molecule has 0 aromatic heterocycles. The Morgan fingerprint density at radius 2 is 1.62 bits per heavy atom. The van der Waals surface area contributed by atoms with Crippen LogP contribution in [0.2, 0.25) is 0 Å². The summed E-state index contributed by atoms with van der Waals surface area (Å²) in [6.45, 7) is 2.78. The highest BCUT2D eigenvalue weighted by molar-refractivity contribution is 5.86. The third-order valence-electron chi connectivity index (χ3n) is 6.67. The minimum Gasteiger partial charge on any atom is -0.496 e.